The number of phenolic OH excluding ortho intramolecular Hbond substituents is 1. The van der Waals surface area contributed by atoms with Crippen LogP contribution in [0.2, 0.25) is 0 Å². The number of rotatable bonds is 5. The minimum atomic E-state index is 0.242. The van der Waals surface area contributed by atoms with Crippen molar-refractivity contribution in [1.82, 2.24) is 15.0 Å². The minimum absolute atomic E-state index is 0.242. The molecular weight excluding hydrogens is 232 g/mol. The molecule has 0 fully saturated rings. The van der Waals surface area contributed by atoms with Gasteiger partial charge in [0, 0.05) is 5.69 Å². The van der Waals surface area contributed by atoms with Crippen molar-refractivity contribution in [2.24, 2.45) is 0 Å². The molecule has 0 radical (unpaired) electrons. The molecule has 1 heterocycles. The molecule has 0 unspecified atom stereocenters. The van der Waals surface area contributed by atoms with Gasteiger partial charge in [-0.3, -0.25) is 0 Å². The largest absolute Gasteiger partial charge is 0.508 e. The third-order valence-corrected chi connectivity index (χ3v) is 2.28. The molecule has 0 spiro atoms. The molecule has 2 N–H and O–H groups in total. The number of hydrogen-bond donors (Lipinski definition) is 2. The van der Waals surface area contributed by atoms with Crippen molar-refractivity contribution >= 4 is 5.69 Å². The summed E-state index contributed by atoms with van der Waals surface area (Å²) in [6, 6.07) is 6.81. The van der Waals surface area contributed by atoms with E-state index in [-0.39, 0.29) is 5.75 Å². The fourth-order valence-corrected chi connectivity index (χ4v) is 1.47. The Balaban J connectivity index is 1.90. The summed E-state index contributed by atoms with van der Waals surface area (Å²) in [5.74, 6) is 1.45. The average Bonchev–Trinajstić information content (AvgIpc) is 2.75. The van der Waals surface area contributed by atoms with E-state index in [0.29, 0.717) is 24.8 Å². The van der Waals surface area contributed by atoms with E-state index >= 15 is 0 Å². The highest BCUT2D eigenvalue weighted by molar-refractivity contribution is 5.45. The van der Waals surface area contributed by atoms with Crippen molar-refractivity contribution in [3.8, 4) is 5.75 Å². The van der Waals surface area contributed by atoms with Crippen LogP contribution in [0.5, 0.6) is 5.75 Å². The second-order valence-electron chi connectivity index (χ2n) is 4.24. The molecule has 1 aromatic heterocycles. The Kier molecular flexibility index (Phi) is 3.78. The van der Waals surface area contributed by atoms with Crippen LogP contribution in [0.1, 0.15) is 11.7 Å². The average molecular weight is 248 g/mol. The first kappa shape index (κ1) is 12.4. The van der Waals surface area contributed by atoms with Gasteiger partial charge in [0.05, 0.1) is 13.1 Å². The first-order valence-electron chi connectivity index (χ1n) is 5.62. The summed E-state index contributed by atoms with van der Waals surface area (Å²) in [7, 11) is 3.90. The van der Waals surface area contributed by atoms with E-state index in [4.69, 9.17) is 9.63 Å². The number of phenols is 1. The number of hydrogen-bond acceptors (Lipinski definition) is 6. The van der Waals surface area contributed by atoms with Crippen molar-refractivity contribution in [2.75, 3.05) is 19.4 Å². The van der Waals surface area contributed by atoms with Gasteiger partial charge in [0.15, 0.2) is 5.82 Å². The number of aromatic hydroxyl groups is 1. The standard InChI is InChI=1S/C12H16N4O2/c1-16(2)8-11-14-12(18-15-11)7-13-9-3-5-10(17)6-4-9/h3-6,13,17H,7-8H2,1-2H3. The third-order valence-electron chi connectivity index (χ3n) is 2.28. The van der Waals surface area contributed by atoms with Crippen LogP contribution < -0.4 is 5.32 Å². The van der Waals surface area contributed by atoms with Crippen LogP contribution in [0.4, 0.5) is 5.69 Å². The van der Waals surface area contributed by atoms with Gasteiger partial charge < -0.3 is 19.8 Å². The molecule has 2 aromatic rings. The highest BCUT2D eigenvalue weighted by Crippen LogP contribution is 2.14. The van der Waals surface area contributed by atoms with Crippen molar-refractivity contribution in [2.45, 2.75) is 13.1 Å². The molecule has 0 bridgehead atoms. The molecule has 0 atom stereocenters. The Hall–Kier alpha value is -2.08. The maximum absolute atomic E-state index is 9.16. The second-order valence-corrected chi connectivity index (χ2v) is 4.24. The quantitative estimate of drug-likeness (QED) is 0.780. The van der Waals surface area contributed by atoms with Gasteiger partial charge in [-0.2, -0.15) is 4.98 Å². The normalized spacial score (nSPS) is 10.8. The zero-order valence-corrected chi connectivity index (χ0v) is 10.4. The van der Waals surface area contributed by atoms with E-state index in [0.717, 1.165) is 5.69 Å². The summed E-state index contributed by atoms with van der Waals surface area (Å²) in [5.41, 5.74) is 0.889. The van der Waals surface area contributed by atoms with E-state index in [9.17, 15) is 0 Å². The van der Waals surface area contributed by atoms with Crippen LogP contribution in [-0.4, -0.2) is 34.2 Å². The lowest BCUT2D eigenvalue weighted by Gasteiger charge is -2.03. The Bertz CT molecular complexity index is 493. The Morgan fingerprint density at radius 2 is 2.00 bits per heavy atom. The SMILES string of the molecule is CN(C)Cc1noc(CNc2ccc(O)cc2)n1. The highest BCUT2D eigenvalue weighted by Gasteiger charge is 2.06. The van der Waals surface area contributed by atoms with Crippen molar-refractivity contribution < 1.29 is 9.63 Å². The Morgan fingerprint density at radius 3 is 2.67 bits per heavy atom. The number of nitrogens with one attached hydrogen (secondary N) is 1. The lowest BCUT2D eigenvalue weighted by Crippen LogP contribution is -2.11. The zero-order chi connectivity index (χ0) is 13.0. The molecule has 0 aliphatic heterocycles. The monoisotopic (exact) mass is 248 g/mol. The molecule has 6 heteroatoms. The first-order valence-corrected chi connectivity index (χ1v) is 5.62. The summed E-state index contributed by atoms with van der Waals surface area (Å²) in [4.78, 5) is 6.23. The molecule has 0 saturated heterocycles. The smallest absolute Gasteiger partial charge is 0.245 e. The second kappa shape index (κ2) is 5.50. The van der Waals surface area contributed by atoms with Gasteiger partial charge in [-0.15, -0.1) is 0 Å². The van der Waals surface area contributed by atoms with Crippen LogP contribution in [0.3, 0.4) is 0 Å². The van der Waals surface area contributed by atoms with E-state index < -0.39 is 0 Å². The van der Waals surface area contributed by atoms with Gasteiger partial charge in [-0.1, -0.05) is 5.16 Å². The highest BCUT2D eigenvalue weighted by atomic mass is 16.5. The van der Waals surface area contributed by atoms with Crippen LogP contribution in [0.15, 0.2) is 28.8 Å². The maximum atomic E-state index is 9.16. The van der Waals surface area contributed by atoms with Crippen LogP contribution in [-0.2, 0) is 13.1 Å². The Labute approximate surface area is 105 Å². The van der Waals surface area contributed by atoms with Gasteiger partial charge in [0.1, 0.15) is 5.75 Å². The molecule has 1 aromatic carbocycles. The molecule has 96 valence electrons. The minimum Gasteiger partial charge on any atom is -0.508 e. The summed E-state index contributed by atoms with van der Waals surface area (Å²) < 4.78 is 5.11. The maximum Gasteiger partial charge on any atom is 0.245 e. The molecule has 0 amide bonds. The van der Waals surface area contributed by atoms with E-state index in [2.05, 4.69) is 15.5 Å². The molecule has 6 nitrogen and oxygen atoms in total. The van der Waals surface area contributed by atoms with E-state index in [1.54, 1.807) is 24.3 Å². The molecule has 18 heavy (non-hydrogen) atoms. The van der Waals surface area contributed by atoms with Crippen LogP contribution >= 0.6 is 0 Å². The number of nitrogens with zero attached hydrogens (tertiary/aromatic N) is 3. The van der Waals surface area contributed by atoms with Crippen molar-refractivity contribution in [3.63, 3.8) is 0 Å². The van der Waals surface area contributed by atoms with Gasteiger partial charge in [0.25, 0.3) is 0 Å². The van der Waals surface area contributed by atoms with Crippen molar-refractivity contribution in [3.05, 3.63) is 36.0 Å². The molecular formula is C12H16N4O2. The number of benzene rings is 1. The van der Waals surface area contributed by atoms with E-state index in [1.807, 2.05) is 19.0 Å². The van der Waals surface area contributed by atoms with Crippen LogP contribution in [0, 0.1) is 0 Å². The molecule has 0 saturated carbocycles. The topological polar surface area (TPSA) is 74.4 Å². The lowest BCUT2D eigenvalue weighted by molar-refractivity contribution is 0.351. The summed E-state index contributed by atoms with van der Waals surface area (Å²) >= 11 is 0. The van der Waals surface area contributed by atoms with Gasteiger partial charge in [0.2, 0.25) is 5.89 Å². The third kappa shape index (κ3) is 3.46. The number of anilines is 1. The van der Waals surface area contributed by atoms with Crippen molar-refractivity contribution in [1.29, 1.82) is 0 Å². The fourth-order valence-electron chi connectivity index (χ4n) is 1.47. The lowest BCUT2D eigenvalue weighted by atomic mass is 10.3. The van der Waals surface area contributed by atoms with Gasteiger partial charge in [-0.25, -0.2) is 0 Å². The molecule has 0 aliphatic rings. The predicted molar refractivity (Wildman–Crippen MR) is 67.1 cm³/mol. The summed E-state index contributed by atoms with van der Waals surface area (Å²) in [6.07, 6.45) is 0. The fraction of sp³-hybridized carbons (Fsp3) is 0.333. The van der Waals surface area contributed by atoms with Gasteiger partial charge >= 0.3 is 0 Å². The number of aromatic nitrogens is 2. The van der Waals surface area contributed by atoms with Gasteiger partial charge in [-0.05, 0) is 38.4 Å². The zero-order valence-electron chi connectivity index (χ0n) is 10.4. The first-order chi connectivity index (χ1) is 8.63. The van der Waals surface area contributed by atoms with Crippen LogP contribution in [0.25, 0.3) is 0 Å². The molecule has 2 rings (SSSR count). The Morgan fingerprint density at radius 1 is 1.28 bits per heavy atom. The molecule has 0 aliphatic carbocycles. The predicted octanol–water partition coefficient (Wildman–Crippen LogP) is 1.45. The summed E-state index contributed by atoms with van der Waals surface area (Å²) in [5, 5.41) is 16.2. The van der Waals surface area contributed by atoms with E-state index in [1.165, 1.54) is 0 Å². The summed E-state index contributed by atoms with van der Waals surface area (Å²) in [6.45, 7) is 1.12.